The highest BCUT2D eigenvalue weighted by Crippen LogP contribution is 2.11. The van der Waals surface area contributed by atoms with Crippen LogP contribution in [-0.2, 0) is 68.7 Å². The number of hydrogen-bond donors (Lipinski definition) is 18. The summed E-state index contributed by atoms with van der Waals surface area (Å²) in [7, 11) is 0. The zero-order valence-electron chi connectivity index (χ0n) is 44.5. The van der Waals surface area contributed by atoms with E-state index in [4.69, 9.17) is 17.2 Å². The van der Waals surface area contributed by atoms with Gasteiger partial charge in [-0.1, -0.05) is 13.8 Å². The van der Waals surface area contributed by atoms with Gasteiger partial charge in [0.2, 0.25) is 53.2 Å². The Kier molecular flexibility index (Phi) is 31.8. The predicted octanol–water partition coefficient (Wildman–Crippen LogP) is -5.73. The molecule has 1 aromatic heterocycles. The molecule has 0 spiro atoms. The van der Waals surface area contributed by atoms with E-state index in [1.807, 2.05) is 0 Å². The fraction of sp³-hybridized carbons (Fsp3) is 0.660. The van der Waals surface area contributed by atoms with Crippen LogP contribution < -0.4 is 65.1 Å². The molecule has 444 valence electrons. The lowest BCUT2D eigenvalue weighted by atomic mass is 10.0. The second-order valence-corrected chi connectivity index (χ2v) is 19.0. The minimum atomic E-state index is -2.00. The molecule has 10 atom stereocenters. The number of rotatable bonds is 40. The summed E-state index contributed by atoms with van der Waals surface area (Å²) >= 11 is 0. The molecular weight excluding hydrogens is 1050 g/mol. The van der Waals surface area contributed by atoms with Crippen LogP contribution in [0.2, 0.25) is 0 Å². The highest BCUT2D eigenvalue weighted by Gasteiger charge is 2.36. The lowest BCUT2D eigenvalue weighted by Crippen LogP contribution is -2.60. The molecule has 0 aliphatic rings. The molecule has 9 amide bonds. The summed E-state index contributed by atoms with van der Waals surface area (Å²) in [4.78, 5) is 175. The number of nitrogens with one attached hydrogen (secondary N) is 10. The molecule has 32 nitrogen and oxygen atoms in total. The number of nitrogens with zero attached hydrogens (tertiary/aromatic N) is 1. The highest BCUT2D eigenvalue weighted by atomic mass is 16.4. The number of unbranched alkanes of at least 4 members (excludes halogenated alkanes) is 2. The SMILES string of the molecule is CC(C)C[C@H](NC(=O)[C@H](CCC(=O)O)NC(=O)[C@H](C)N)C(=O)N[C@@H](CCCCN)C(=O)N[C@@H](C)C(=O)N[C@@H](CC(=O)O)C(=O)N[C@@H](CCC(=O)O)C(=O)N[C@@H](CCCCN)C(=O)N[C@@H](CO)C(=O)N[C@@H](Cc1cnc[nH]1)C(=O)O. The van der Waals surface area contributed by atoms with Crippen molar-refractivity contribution >= 4 is 77.0 Å². The fourth-order valence-corrected chi connectivity index (χ4v) is 7.31. The first kappa shape index (κ1) is 69.2. The molecule has 1 heterocycles. The molecule has 0 radical (unpaired) electrons. The fourth-order valence-electron chi connectivity index (χ4n) is 7.31. The number of aromatic nitrogens is 2. The van der Waals surface area contributed by atoms with E-state index >= 15 is 0 Å². The Labute approximate surface area is 454 Å². The summed E-state index contributed by atoms with van der Waals surface area (Å²) in [6.45, 7) is 5.20. The minimum Gasteiger partial charge on any atom is -0.481 e. The van der Waals surface area contributed by atoms with Crippen molar-refractivity contribution in [2.24, 2.45) is 23.1 Å². The first-order chi connectivity index (χ1) is 37.1. The number of aliphatic hydroxyl groups is 1. The minimum absolute atomic E-state index is 0.00523. The van der Waals surface area contributed by atoms with Gasteiger partial charge in [-0.3, -0.25) is 57.5 Å². The molecule has 0 aromatic carbocycles. The van der Waals surface area contributed by atoms with E-state index in [1.165, 1.54) is 19.4 Å². The summed E-state index contributed by atoms with van der Waals surface area (Å²) in [6.07, 6.45) is -0.239. The van der Waals surface area contributed by atoms with Gasteiger partial charge in [-0.05, 0) is 90.6 Å². The molecule has 1 aromatic rings. The van der Waals surface area contributed by atoms with E-state index in [0.29, 0.717) is 18.5 Å². The standard InChI is InChI=1S/C47H78N14O18/c1-23(2)17-31(59-43(74)29(11-13-35(63)64)54-38(69)24(3)50)44(75)56-27(9-5-7-15-48)40(71)53-25(4)39(70)58-32(19-37(67)68)45(76)57-30(12-14-36(65)66)42(73)55-28(10-6-8-16-49)41(72)61-34(21-62)46(77)60-33(47(78)79)18-26-20-51-22-52-26/h20,22-25,27-34,62H,5-19,21,48-50H2,1-4H3,(H,51,52)(H,53,71)(H,54,69)(H,55,73)(H,56,75)(H,57,76)(H,58,70)(H,59,74)(H,60,77)(H,61,72)(H,63,64)(H,65,66)(H,67,68)(H,78,79)/t24-,25-,27-,28-,29-,30-,31-,32-,33-,34-/m0/s1. The molecule has 0 unspecified atom stereocenters. The van der Waals surface area contributed by atoms with Crippen molar-refractivity contribution < 1.29 is 87.9 Å². The van der Waals surface area contributed by atoms with Gasteiger partial charge in [0.05, 0.1) is 25.4 Å². The third kappa shape index (κ3) is 27.4. The molecule has 1 rings (SSSR count). The molecule has 21 N–H and O–H groups in total. The molecule has 0 bridgehead atoms. The van der Waals surface area contributed by atoms with E-state index in [9.17, 15) is 87.9 Å². The lowest BCUT2D eigenvalue weighted by Gasteiger charge is -2.27. The zero-order valence-corrected chi connectivity index (χ0v) is 44.5. The van der Waals surface area contributed by atoms with E-state index in [1.54, 1.807) is 13.8 Å². The molecule has 32 heteroatoms. The number of carbonyl (C=O) groups is 13. The maximum absolute atomic E-state index is 13.8. The van der Waals surface area contributed by atoms with Gasteiger partial charge >= 0.3 is 23.9 Å². The van der Waals surface area contributed by atoms with Gasteiger partial charge in [-0.25, -0.2) is 9.78 Å². The number of aliphatic carboxylic acids is 4. The smallest absolute Gasteiger partial charge is 0.326 e. The first-order valence-electron chi connectivity index (χ1n) is 25.5. The van der Waals surface area contributed by atoms with Crippen molar-refractivity contribution in [3.8, 4) is 0 Å². The summed E-state index contributed by atoms with van der Waals surface area (Å²) in [5, 5.41) is 69.1. The number of carboxylic acids is 4. The maximum atomic E-state index is 13.8. The lowest BCUT2D eigenvalue weighted by molar-refractivity contribution is -0.143. The second kappa shape index (κ2) is 36.3. The maximum Gasteiger partial charge on any atom is 0.326 e. The van der Waals surface area contributed by atoms with Gasteiger partial charge in [0.25, 0.3) is 0 Å². The Morgan fingerprint density at radius 1 is 0.494 bits per heavy atom. The van der Waals surface area contributed by atoms with Crippen LogP contribution in [0.4, 0.5) is 0 Å². The first-order valence-corrected chi connectivity index (χ1v) is 25.5. The van der Waals surface area contributed by atoms with Crippen LogP contribution in [-0.4, -0.2) is 193 Å². The monoisotopic (exact) mass is 1130 g/mol. The number of imidazole rings is 1. The summed E-state index contributed by atoms with van der Waals surface area (Å²) in [5.74, 6) is -15.5. The molecule has 0 aliphatic heterocycles. The Hall–Kier alpha value is -7.84. The van der Waals surface area contributed by atoms with Crippen molar-refractivity contribution in [2.75, 3.05) is 19.7 Å². The van der Waals surface area contributed by atoms with E-state index in [0.717, 1.165) is 6.92 Å². The molecule has 0 aliphatic carbocycles. The highest BCUT2D eigenvalue weighted by molar-refractivity contribution is 5.99. The van der Waals surface area contributed by atoms with Crippen LogP contribution in [0.15, 0.2) is 12.5 Å². The van der Waals surface area contributed by atoms with Gasteiger partial charge in [0, 0.05) is 31.2 Å². The summed E-state index contributed by atoms with van der Waals surface area (Å²) in [5.41, 5.74) is 17.2. The van der Waals surface area contributed by atoms with Crippen LogP contribution in [0, 0.1) is 5.92 Å². The van der Waals surface area contributed by atoms with Gasteiger partial charge in [-0.15, -0.1) is 0 Å². The van der Waals surface area contributed by atoms with Crippen LogP contribution in [0.3, 0.4) is 0 Å². The van der Waals surface area contributed by atoms with Crippen LogP contribution in [0.1, 0.15) is 110 Å². The number of H-pyrrole nitrogens is 1. The summed E-state index contributed by atoms with van der Waals surface area (Å²) < 4.78 is 0. The number of aromatic amines is 1. The van der Waals surface area contributed by atoms with Crippen LogP contribution >= 0.6 is 0 Å². The number of aliphatic hydroxyl groups excluding tert-OH is 1. The van der Waals surface area contributed by atoms with Gasteiger partial charge in [0.15, 0.2) is 0 Å². The number of carbonyl (C=O) groups excluding carboxylic acids is 9. The zero-order chi connectivity index (χ0) is 59.9. The third-order valence-corrected chi connectivity index (χ3v) is 11.6. The van der Waals surface area contributed by atoms with Gasteiger partial charge in [-0.2, -0.15) is 0 Å². The predicted molar refractivity (Wildman–Crippen MR) is 275 cm³/mol. The Balaban J connectivity index is 3.37. The van der Waals surface area contributed by atoms with Crippen molar-refractivity contribution in [2.45, 2.75) is 172 Å². The van der Waals surface area contributed by atoms with Crippen molar-refractivity contribution in [3.63, 3.8) is 0 Å². The van der Waals surface area contributed by atoms with Gasteiger partial charge < -0.3 is 95.6 Å². The number of carboxylic acid groups (broad SMARTS) is 4. The number of nitrogens with two attached hydrogens (primary N) is 3. The molecule has 0 saturated heterocycles. The normalized spacial score (nSPS) is 14.8. The molecule has 79 heavy (non-hydrogen) atoms. The largest absolute Gasteiger partial charge is 0.481 e. The number of amides is 9. The van der Waals surface area contributed by atoms with E-state index < -0.39 is 170 Å². The quantitative estimate of drug-likeness (QED) is 0.0272. The van der Waals surface area contributed by atoms with Crippen LogP contribution in [0.25, 0.3) is 0 Å². The van der Waals surface area contributed by atoms with E-state index in [2.05, 4.69) is 57.8 Å². The van der Waals surface area contributed by atoms with Crippen molar-refractivity contribution in [1.82, 2.24) is 57.8 Å². The average Bonchev–Trinajstić information content (AvgIpc) is 3.89. The Bertz CT molecular complexity index is 2230. The second-order valence-electron chi connectivity index (χ2n) is 19.0. The Morgan fingerprint density at radius 3 is 1.29 bits per heavy atom. The van der Waals surface area contributed by atoms with E-state index in [-0.39, 0.29) is 64.0 Å². The average molecular weight is 1130 g/mol. The topological polar surface area (TPSA) is 538 Å². The third-order valence-electron chi connectivity index (χ3n) is 11.6. The van der Waals surface area contributed by atoms with Crippen molar-refractivity contribution in [1.29, 1.82) is 0 Å². The summed E-state index contributed by atoms with van der Waals surface area (Å²) in [6, 6.07) is -15.5. The molecule has 0 fully saturated rings. The molecular formula is C47H78N14O18. The van der Waals surface area contributed by atoms with Crippen molar-refractivity contribution in [3.05, 3.63) is 18.2 Å². The van der Waals surface area contributed by atoms with Gasteiger partial charge in [0.1, 0.15) is 54.4 Å². The number of hydrogen-bond acceptors (Lipinski definition) is 18. The molecule has 0 saturated carbocycles. The van der Waals surface area contributed by atoms with Crippen LogP contribution in [0.5, 0.6) is 0 Å². The Morgan fingerprint density at radius 2 is 0.886 bits per heavy atom.